The van der Waals surface area contributed by atoms with Crippen LogP contribution in [0, 0.1) is 18.3 Å². The average molecular weight is 229 g/mol. The Bertz CT molecular complexity index is 486. The molecule has 16 heavy (non-hydrogen) atoms. The predicted octanol–water partition coefficient (Wildman–Crippen LogP) is 2.58. The van der Waals surface area contributed by atoms with Crippen molar-refractivity contribution >= 4 is 5.97 Å². The zero-order valence-corrected chi connectivity index (χ0v) is 8.09. The molecule has 0 spiro atoms. The maximum atomic E-state index is 12.5. The Kier molecular flexibility index (Phi) is 2.90. The molecule has 1 N–H and O–H groups in total. The van der Waals surface area contributed by atoms with E-state index in [9.17, 15) is 18.0 Å². The molecule has 1 aromatic rings. The normalized spacial score (nSPS) is 10.9. The standard InChI is InChI=1S/C10H6F3NO2/c1-5-2-3-7(10(11,12)13)6(4-14)8(5)9(15)16/h2-3H,1H3,(H,15,16). The van der Waals surface area contributed by atoms with Crippen molar-refractivity contribution in [2.75, 3.05) is 0 Å². The van der Waals surface area contributed by atoms with Gasteiger partial charge in [-0.2, -0.15) is 18.4 Å². The second-order valence-electron chi connectivity index (χ2n) is 3.09. The zero-order chi connectivity index (χ0) is 12.5. The van der Waals surface area contributed by atoms with Crippen LogP contribution >= 0.6 is 0 Å². The van der Waals surface area contributed by atoms with E-state index >= 15 is 0 Å². The summed E-state index contributed by atoms with van der Waals surface area (Å²) in [5, 5.41) is 17.4. The lowest BCUT2D eigenvalue weighted by Crippen LogP contribution is -2.13. The second-order valence-corrected chi connectivity index (χ2v) is 3.09. The number of nitrogens with zero attached hydrogens (tertiary/aromatic N) is 1. The van der Waals surface area contributed by atoms with Crippen LogP contribution in [0.2, 0.25) is 0 Å². The Balaban J connectivity index is 3.64. The fourth-order valence-electron chi connectivity index (χ4n) is 1.33. The third-order valence-electron chi connectivity index (χ3n) is 2.04. The summed E-state index contributed by atoms with van der Waals surface area (Å²) in [7, 11) is 0. The van der Waals surface area contributed by atoms with Crippen molar-refractivity contribution in [1.82, 2.24) is 0 Å². The Morgan fingerprint density at radius 1 is 1.44 bits per heavy atom. The van der Waals surface area contributed by atoms with Crippen molar-refractivity contribution in [1.29, 1.82) is 5.26 Å². The number of halogens is 3. The number of alkyl halides is 3. The molecular weight excluding hydrogens is 223 g/mol. The predicted molar refractivity (Wildman–Crippen MR) is 47.9 cm³/mol. The van der Waals surface area contributed by atoms with Gasteiger partial charge in [-0.05, 0) is 18.6 Å². The summed E-state index contributed by atoms with van der Waals surface area (Å²) in [6.45, 7) is 1.34. The highest BCUT2D eigenvalue weighted by molar-refractivity contribution is 5.92. The summed E-state index contributed by atoms with van der Waals surface area (Å²) in [6, 6.07) is 3.04. The molecule has 0 saturated heterocycles. The first-order valence-corrected chi connectivity index (χ1v) is 4.13. The highest BCUT2D eigenvalue weighted by Crippen LogP contribution is 2.34. The van der Waals surface area contributed by atoms with E-state index in [-0.39, 0.29) is 5.56 Å². The summed E-state index contributed by atoms with van der Waals surface area (Å²) in [5.41, 5.74) is -2.55. The van der Waals surface area contributed by atoms with E-state index in [0.29, 0.717) is 6.07 Å². The van der Waals surface area contributed by atoms with Crippen LogP contribution in [0.1, 0.15) is 27.0 Å². The number of benzene rings is 1. The number of aromatic carboxylic acids is 1. The molecule has 0 atom stereocenters. The number of carboxylic acid groups (broad SMARTS) is 1. The van der Waals surface area contributed by atoms with Gasteiger partial charge in [-0.3, -0.25) is 0 Å². The van der Waals surface area contributed by atoms with Gasteiger partial charge in [0.1, 0.15) is 6.07 Å². The first-order chi connectivity index (χ1) is 7.29. The van der Waals surface area contributed by atoms with Crippen molar-refractivity contribution in [2.45, 2.75) is 13.1 Å². The van der Waals surface area contributed by atoms with Crippen molar-refractivity contribution in [3.63, 3.8) is 0 Å². The number of carbonyl (C=O) groups is 1. The van der Waals surface area contributed by atoms with Gasteiger partial charge in [-0.15, -0.1) is 0 Å². The van der Waals surface area contributed by atoms with Crippen LogP contribution in [0.25, 0.3) is 0 Å². The van der Waals surface area contributed by atoms with Crippen molar-refractivity contribution in [3.05, 3.63) is 34.4 Å². The third kappa shape index (κ3) is 1.98. The van der Waals surface area contributed by atoms with Gasteiger partial charge in [-0.1, -0.05) is 6.07 Å². The molecule has 0 bridgehead atoms. The average Bonchev–Trinajstić information content (AvgIpc) is 2.14. The quantitative estimate of drug-likeness (QED) is 0.804. The number of rotatable bonds is 1. The van der Waals surface area contributed by atoms with Crippen LogP contribution < -0.4 is 0 Å². The number of hydrogen-bond acceptors (Lipinski definition) is 2. The van der Waals surface area contributed by atoms with E-state index in [0.717, 1.165) is 6.07 Å². The van der Waals surface area contributed by atoms with Crippen LogP contribution in [0.5, 0.6) is 0 Å². The van der Waals surface area contributed by atoms with E-state index in [4.69, 9.17) is 10.4 Å². The molecule has 0 aliphatic rings. The molecule has 0 unspecified atom stereocenters. The molecule has 0 fully saturated rings. The lowest BCUT2D eigenvalue weighted by Gasteiger charge is -2.11. The fraction of sp³-hybridized carbons (Fsp3) is 0.200. The minimum Gasteiger partial charge on any atom is -0.478 e. The van der Waals surface area contributed by atoms with Crippen molar-refractivity contribution in [3.8, 4) is 6.07 Å². The van der Waals surface area contributed by atoms with Crippen LogP contribution in [0.3, 0.4) is 0 Å². The molecule has 6 heteroatoms. The Morgan fingerprint density at radius 2 is 2.00 bits per heavy atom. The van der Waals surface area contributed by atoms with Crippen LogP contribution in [0.15, 0.2) is 12.1 Å². The van der Waals surface area contributed by atoms with Gasteiger partial charge < -0.3 is 5.11 Å². The molecule has 0 aromatic heterocycles. The summed E-state index contributed by atoms with van der Waals surface area (Å²) in [4.78, 5) is 10.8. The molecular formula is C10H6F3NO2. The maximum Gasteiger partial charge on any atom is 0.417 e. The van der Waals surface area contributed by atoms with E-state index < -0.39 is 28.8 Å². The van der Waals surface area contributed by atoms with Gasteiger partial charge >= 0.3 is 12.1 Å². The molecule has 0 heterocycles. The number of hydrogen-bond donors (Lipinski definition) is 1. The van der Waals surface area contributed by atoms with Gasteiger partial charge in [0.05, 0.1) is 16.7 Å². The topological polar surface area (TPSA) is 61.1 Å². The van der Waals surface area contributed by atoms with Crippen LogP contribution in [-0.2, 0) is 6.18 Å². The second kappa shape index (κ2) is 3.85. The van der Waals surface area contributed by atoms with E-state index in [1.165, 1.54) is 13.0 Å². The highest BCUT2D eigenvalue weighted by Gasteiger charge is 2.35. The van der Waals surface area contributed by atoms with Crippen molar-refractivity contribution < 1.29 is 23.1 Å². The maximum absolute atomic E-state index is 12.5. The van der Waals surface area contributed by atoms with Gasteiger partial charge in [-0.25, -0.2) is 4.79 Å². The van der Waals surface area contributed by atoms with E-state index in [1.807, 2.05) is 0 Å². The molecule has 84 valence electrons. The first kappa shape index (κ1) is 12.0. The summed E-state index contributed by atoms with van der Waals surface area (Å²) in [5.74, 6) is -1.54. The van der Waals surface area contributed by atoms with E-state index in [2.05, 4.69) is 0 Å². The molecule has 3 nitrogen and oxygen atoms in total. The molecule has 0 radical (unpaired) electrons. The molecule has 1 aromatic carbocycles. The fourth-order valence-corrected chi connectivity index (χ4v) is 1.33. The number of aryl methyl sites for hydroxylation is 1. The number of carboxylic acids is 1. The molecule has 0 aliphatic heterocycles. The third-order valence-corrected chi connectivity index (χ3v) is 2.04. The largest absolute Gasteiger partial charge is 0.478 e. The van der Waals surface area contributed by atoms with Crippen LogP contribution in [0.4, 0.5) is 13.2 Å². The highest BCUT2D eigenvalue weighted by atomic mass is 19.4. The molecule has 0 amide bonds. The smallest absolute Gasteiger partial charge is 0.417 e. The Labute approximate surface area is 88.7 Å². The minimum absolute atomic E-state index is 0.122. The monoisotopic (exact) mass is 229 g/mol. The van der Waals surface area contributed by atoms with Gasteiger partial charge in [0.15, 0.2) is 0 Å². The molecule has 1 rings (SSSR count). The first-order valence-electron chi connectivity index (χ1n) is 4.13. The van der Waals surface area contributed by atoms with E-state index in [1.54, 1.807) is 0 Å². The molecule has 0 aliphatic carbocycles. The lowest BCUT2D eigenvalue weighted by molar-refractivity contribution is -0.137. The van der Waals surface area contributed by atoms with Gasteiger partial charge in [0.2, 0.25) is 0 Å². The summed E-state index contributed by atoms with van der Waals surface area (Å²) >= 11 is 0. The lowest BCUT2D eigenvalue weighted by atomic mass is 9.97. The Hall–Kier alpha value is -2.03. The zero-order valence-electron chi connectivity index (χ0n) is 8.09. The van der Waals surface area contributed by atoms with Gasteiger partial charge in [0, 0.05) is 0 Å². The SMILES string of the molecule is Cc1ccc(C(F)(F)F)c(C#N)c1C(=O)O. The molecule has 0 saturated carbocycles. The Morgan fingerprint density at radius 3 is 2.38 bits per heavy atom. The minimum atomic E-state index is -4.73. The number of nitriles is 1. The summed E-state index contributed by atoms with van der Waals surface area (Å²) < 4.78 is 37.4. The summed E-state index contributed by atoms with van der Waals surface area (Å²) in [6.07, 6.45) is -4.73. The van der Waals surface area contributed by atoms with Gasteiger partial charge in [0.25, 0.3) is 0 Å². The van der Waals surface area contributed by atoms with Crippen molar-refractivity contribution in [2.24, 2.45) is 0 Å². The van der Waals surface area contributed by atoms with Crippen LogP contribution in [-0.4, -0.2) is 11.1 Å².